The number of carbonyl (C=O) groups is 1. The van der Waals surface area contributed by atoms with Gasteiger partial charge >= 0.3 is 6.18 Å². The molecular formula is C16H17ClF3N5O. The fourth-order valence-electron chi connectivity index (χ4n) is 2.91. The second-order valence-corrected chi connectivity index (χ2v) is 6.51. The molecule has 1 aliphatic heterocycles. The van der Waals surface area contributed by atoms with Crippen LogP contribution in [-0.2, 0) is 13.2 Å². The lowest BCUT2D eigenvalue weighted by Crippen LogP contribution is -2.45. The monoisotopic (exact) mass is 387 g/mol. The van der Waals surface area contributed by atoms with Gasteiger partial charge in [0.05, 0.1) is 10.6 Å². The maximum absolute atomic E-state index is 12.7. The Morgan fingerprint density at radius 3 is 2.58 bits per heavy atom. The van der Waals surface area contributed by atoms with Crippen LogP contribution in [-0.4, -0.2) is 39.8 Å². The number of aromatic nitrogens is 3. The summed E-state index contributed by atoms with van der Waals surface area (Å²) in [7, 11) is 1.69. The molecule has 140 valence electrons. The number of rotatable bonds is 3. The molecule has 2 aromatic heterocycles. The van der Waals surface area contributed by atoms with Crippen molar-refractivity contribution in [3.05, 3.63) is 40.8 Å². The molecule has 2 aromatic rings. The molecule has 6 nitrogen and oxygen atoms in total. The number of pyridine rings is 1. The summed E-state index contributed by atoms with van der Waals surface area (Å²) in [5.41, 5.74) is -0.399. The minimum atomic E-state index is -4.47. The summed E-state index contributed by atoms with van der Waals surface area (Å²) >= 11 is 5.99. The van der Waals surface area contributed by atoms with Gasteiger partial charge in [0, 0.05) is 38.6 Å². The average Bonchev–Trinajstić information content (AvgIpc) is 3.01. The molecule has 1 N–H and O–H groups in total. The third-order valence-electron chi connectivity index (χ3n) is 4.33. The Morgan fingerprint density at radius 1 is 1.35 bits per heavy atom. The lowest BCUT2D eigenvalue weighted by atomic mass is 10.0. The second-order valence-electron chi connectivity index (χ2n) is 6.10. The van der Waals surface area contributed by atoms with Crippen molar-refractivity contribution in [3.63, 3.8) is 0 Å². The van der Waals surface area contributed by atoms with Crippen LogP contribution in [0.25, 0.3) is 0 Å². The van der Waals surface area contributed by atoms with Gasteiger partial charge < -0.3 is 10.2 Å². The number of piperidine rings is 1. The fourth-order valence-corrected chi connectivity index (χ4v) is 3.20. The minimum absolute atomic E-state index is 0.0260. The summed E-state index contributed by atoms with van der Waals surface area (Å²) in [5.74, 6) is 0.130. The zero-order valence-corrected chi connectivity index (χ0v) is 14.7. The molecule has 1 amide bonds. The van der Waals surface area contributed by atoms with E-state index in [9.17, 15) is 18.0 Å². The van der Waals surface area contributed by atoms with Crippen LogP contribution >= 0.6 is 11.6 Å². The topological polar surface area (TPSA) is 63.1 Å². The summed E-state index contributed by atoms with van der Waals surface area (Å²) in [4.78, 5) is 17.9. The van der Waals surface area contributed by atoms with Gasteiger partial charge in [0.25, 0.3) is 5.91 Å². The number of nitrogens with zero attached hydrogens (tertiary/aromatic N) is 4. The van der Waals surface area contributed by atoms with Crippen molar-refractivity contribution in [2.75, 3.05) is 18.0 Å². The van der Waals surface area contributed by atoms with Gasteiger partial charge in [-0.05, 0) is 25.0 Å². The largest absolute Gasteiger partial charge is 0.417 e. The first kappa shape index (κ1) is 18.5. The van der Waals surface area contributed by atoms with E-state index in [1.165, 1.54) is 4.68 Å². The average molecular weight is 388 g/mol. The number of hydrogen-bond acceptors (Lipinski definition) is 4. The van der Waals surface area contributed by atoms with Gasteiger partial charge in [0.1, 0.15) is 11.5 Å². The minimum Gasteiger partial charge on any atom is -0.355 e. The van der Waals surface area contributed by atoms with Crippen molar-refractivity contribution < 1.29 is 18.0 Å². The summed E-state index contributed by atoms with van der Waals surface area (Å²) in [6, 6.07) is 2.50. The summed E-state index contributed by atoms with van der Waals surface area (Å²) < 4.78 is 39.6. The van der Waals surface area contributed by atoms with E-state index in [-0.39, 0.29) is 17.0 Å². The maximum atomic E-state index is 12.7. The van der Waals surface area contributed by atoms with E-state index in [2.05, 4.69) is 15.4 Å². The maximum Gasteiger partial charge on any atom is 0.417 e. The molecule has 10 heteroatoms. The van der Waals surface area contributed by atoms with Crippen LogP contribution in [0.5, 0.6) is 0 Å². The van der Waals surface area contributed by atoms with Crippen LogP contribution in [0.15, 0.2) is 24.5 Å². The van der Waals surface area contributed by atoms with Gasteiger partial charge in [0.15, 0.2) is 0 Å². The standard InChI is InChI=1S/C16H17ClF3N5O/c1-24-13(2-5-22-24)15(26)23-11-3-6-25(7-4-11)14-12(17)8-10(9-21-14)16(18,19)20/h2,5,8-9,11H,3-4,6-7H2,1H3,(H,23,26). The van der Waals surface area contributed by atoms with Gasteiger partial charge in [-0.1, -0.05) is 11.6 Å². The van der Waals surface area contributed by atoms with Crippen LogP contribution in [0.3, 0.4) is 0 Å². The smallest absolute Gasteiger partial charge is 0.355 e. The summed E-state index contributed by atoms with van der Waals surface area (Å²) in [6.07, 6.45) is -0.850. The molecule has 0 unspecified atom stereocenters. The van der Waals surface area contributed by atoms with Gasteiger partial charge in [-0.15, -0.1) is 0 Å². The first-order valence-electron chi connectivity index (χ1n) is 8.02. The number of halogens is 4. The lowest BCUT2D eigenvalue weighted by Gasteiger charge is -2.33. The third-order valence-corrected chi connectivity index (χ3v) is 4.61. The highest BCUT2D eigenvalue weighted by Gasteiger charge is 2.32. The van der Waals surface area contributed by atoms with E-state index < -0.39 is 11.7 Å². The molecule has 26 heavy (non-hydrogen) atoms. The predicted molar refractivity (Wildman–Crippen MR) is 90.2 cm³/mol. The van der Waals surface area contributed by atoms with Crippen molar-refractivity contribution in [1.82, 2.24) is 20.1 Å². The van der Waals surface area contributed by atoms with Crippen LogP contribution < -0.4 is 10.2 Å². The van der Waals surface area contributed by atoms with Crippen molar-refractivity contribution in [2.45, 2.75) is 25.1 Å². The van der Waals surface area contributed by atoms with Crippen molar-refractivity contribution in [3.8, 4) is 0 Å². The molecule has 0 aliphatic carbocycles. The van der Waals surface area contributed by atoms with Crippen molar-refractivity contribution >= 4 is 23.3 Å². The van der Waals surface area contributed by atoms with Gasteiger partial charge in [-0.25, -0.2) is 4.98 Å². The van der Waals surface area contributed by atoms with Crippen LogP contribution in [0.1, 0.15) is 28.9 Å². The number of carbonyl (C=O) groups excluding carboxylic acids is 1. The van der Waals surface area contributed by atoms with E-state index in [1.807, 2.05) is 4.90 Å². The van der Waals surface area contributed by atoms with Crippen LogP contribution in [0.2, 0.25) is 5.02 Å². The number of nitrogens with one attached hydrogen (secondary N) is 1. The first-order valence-corrected chi connectivity index (χ1v) is 8.40. The number of aryl methyl sites for hydroxylation is 1. The highest BCUT2D eigenvalue weighted by molar-refractivity contribution is 6.33. The Labute approximate surface area is 153 Å². The molecule has 0 aromatic carbocycles. The van der Waals surface area contributed by atoms with E-state index in [0.29, 0.717) is 37.4 Å². The highest BCUT2D eigenvalue weighted by Crippen LogP contribution is 2.34. The molecule has 3 rings (SSSR count). The van der Waals surface area contributed by atoms with Gasteiger partial charge in [-0.2, -0.15) is 18.3 Å². The Balaban J connectivity index is 1.60. The second kappa shape index (κ2) is 7.14. The fraction of sp³-hybridized carbons (Fsp3) is 0.438. The normalized spacial score (nSPS) is 16.0. The van der Waals surface area contributed by atoms with E-state index in [0.717, 1.165) is 12.3 Å². The van der Waals surface area contributed by atoms with E-state index in [4.69, 9.17) is 11.6 Å². The molecule has 3 heterocycles. The number of amides is 1. The van der Waals surface area contributed by atoms with Crippen LogP contribution in [0, 0.1) is 0 Å². The lowest BCUT2D eigenvalue weighted by molar-refractivity contribution is -0.137. The van der Waals surface area contributed by atoms with Crippen molar-refractivity contribution in [2.24, 2.45) is 7.05 Å². The first-order chi connectivity index (χ1) is 12.3. The summed E-state index contributed by atoms with van der Waals surface area (Å²) in [6.45, 7) is 1.07. The highest BCUT2D eigenvalue weighted by atomic mass is 35.5. The Hall–Kier alpha value is -2.29. The zero-order valence-electron chi connectivity index (χ0n) is 13.9. The molecule has 1 aliphatic rings. The molecule has 1 saturated heterocycles. The number of alkyl halides is 3. The van der Waals surface area contributed by atoms with Gasteiger partial charge in [-0.3, -0.25) is 9.48 Å². The Kier molecular flexibility index (Phi) is 5.08. The Bertz CT molecular complexity index is 799. The molecular weight excluding hydrogens is 371 g/mol. The molecule has 0 saturated carbocycles. The third kappa shape index (κ3) is 3.92. The number of hydrogen-bond donors (Lipinski definition) is 1. The van der Waals surface area contributed by atoms with E-state index in [1.54, 1.807) is 19.3 Å². The summed E-state index contributed by atoms with van der Waals surface area (Å²) in [5, 5.41) is 6.88. The zero-order chi connectivity index (χ0) is 18.9. The van der Waals surface area contributed by atoms with Gasteiger partial charge in [0.2, 0.25) is 0 Å². The molecule has 0 bridgehead atoms. The number of anilines is 1. The predicted octanol–water partition coefficient (Wildman–Crippen LogP) is 2.89. The van der Waals surface area contributed by atoms with Crippen LogP contribution in [0.4, 0.5) is 19.0 Å². The Morgan fingerprint density at radius 2 is 2.04 bits per heavy atom. The molecule has 1 fully saturated rings. The van der Waals surface area contributed by atoms with Crippen molar-refractivity contribution in [1.29, 1.82) is 0 Å². The molecule has 0 atom stereocenters. The molecule has 0 radical (unpaired) electrons. The SMILES string of the molecule is Cn1nccc1C(=O)NC1CCN(c2ncc(C(F)(F)F)cc2Cl)CC1. The van der Waals surface area contributed by atoms with E-state index >= 15 is 0 Å². The molecule has 0 spiro atoms. The quantitative estimate of drug-likeness (QED) is 0.879.